The van der Waals surface area contributed by atoms with E-state index >= 15 is 0 Å². The Morgan fingerprint density at radius 2 is 2.47 bits per heavy atom. The van der Waals surface area contributed by atoms with Crippen molar-refractivity contribution in [3.63, 3.8) is 0 Å². The third-order valence-electron chi connectivity index (χ3n) is 3.50. The lowest BCUT2D eigenvalue weighted by molar-refractivity contribution is -0.123. The summed E-state index contributed by atoms with van der Waals surface area (Å²) in [7, 11) is 1.82. The van der Waals surface area contributed by atoms with E-state index in [9.17, 15) is 4.79 Å². The zero-order valence-corrected chi connectivity index (χ0v) is 12.3. The van der Waals surface area contributed by atoms with Crippen molar-refractivity contribution in [1.82, 2.24) is 15.1 Å². The van der Waals surface area contributed by atoms with Gasteiger partial charge in [-0.25, -0.2) is 0 Å². The molecule has 1 saturated carbocycles. The largest absolute Gasteiger partial charge is 0.352 e. The van der Waals surface area contributed by atoms with Crippen molar-refractivity contribution in [2.75, 3.05) is 5.75 Å². The van der Waals surface area contributed by atoms with Gasteiger partial charge in [0.25, 0.3) is 0 Å². The summed E-state index contributed by atoms with van der Waals surface area (Å²) in [6.45, 7) is 2.18. The molecular weight excluding hydrogens is 260 g/mol. The van der Waals surface area contributed by atoms with Gasteiger partial charge < -0.3 is 11.1 Å². The summed E-state index contributed by atoms with van der Waals surface area (Å²) in [4.78, 5) is 12.1. The lowest BCUT2D eigenvalue weighted by Gasteiger charge is -2.16. The second-order valence-corrected chi connectivity index (χ2v) is 6.60. The summed E-state index contributed by atoms with van der Waals surface area (Å²) < 4.78 is 1.66. The fourth-order valence-electron chi connectivity index (χ4n) is 2.50. The van der Waals surface area contributed by atoms with Crippen LogP contribution in [0, 0.1) is 0 Å². The third kappa shape index (κ3) is 3.73. The molecule has 0 aliphatic heterocycles. The van der Waals surface area contributed by atoms with Crippen LogP contribution in [0.15, 0.2) is 12.4 Å². The zero-order chi connectivity index (χ0) is 13.8. The molecule has 1 aromatic heterocycles. The number of nitrogens with two attached hydrogens (primary N) is 1. The second-order valence-electron chi connectivity index (χ2n) is 5.02. The Morgan fingerprint density at radius 1 is 1.68 bits per heavy atom. The minimum Gasteiger partial charge on any atom is -0.352 e. The van der Waals surface area contributed by atoms with Crippen LogP contribution in [0.25, 0.3) is 0 Å². The molecule has 3 atom stereocenters. The highest BCUT2D eigenvalue weighted by atomic mass is 32.2. The summed E-state index contributed by atoms with van der Waals surface area (Å²) >= 11 is 1.98. The van der Waals surface area contributed by atoms with Gasteiger partial charge in [0, 0.05) is 30.1 Å². The molecule has 0 aromatic carbocycles. The number of thioether (sulfide) groups is 1. The molecule has 0 saturated heterocycles. The first-order valence-corrected chi connectivity index (χ1v) is 7.81. The van der Waals surface area contributed by atoms with E-state index in [2.05, 4.69) is 17.3 Å². The molecular formula is C13H22N4OS. The summed E-state index contributed by atoms with van der Waals surface area (Å²) in [6, 6.07) is -0.342. The number of aromatic nitrogens is 2. The average molecular weight is 282 g/mol. The Bertz CT molecular complexity index is 434. The predicted octanol–water partition coefficient (Wildman–Crippen LogP) is 1.21. The second kappa shape index (κ2) is 6.43. The molecule has 5 nitrogen and oxygen atoms in total. The minimum atomic E-state index is -0.619. The molecule has 1 aliphatic carbocycles. The van der Waals surface area contributed by atoms with Crippen LogP contribution >= 0.6 is 11.8 Å². The van der Waals surface area contributed by atoms with E-state index in [4.69, 9.17) is 5.73 Å². The number of nitrogens with zero attached hydrogens (tertiary/aromatic N) is 2. The van der Waals surface area contributed by atoms with E-state index in [0.717, 1.165) is 24.2 Å². The van der Waals surface area contributed by atoms with Gasteiger partial charge in [0.2, 0.25) is 5.91 Å². The van der Waals surface area contributed by atoms with Crippen molar-refractivity contribution in [2.24, 2.45) is 12.8 Å². The highest BCUT2D eigenvalue weighted by Crippen LogP contribution is 2.29. The summed E-state index contributed by atoms with van der Waals surface area (Å²) in [6.07, 6.45) is 6.74. The molecule has 3 unspecified atom stereocenters. The summed E-state index contributed by atoms with van der Waals surface area (Å²) in [5.74, 6) is 1.04. The SMILES string of the molecule is CCSC1CCC(NC(=O)C(N)c2cnn(C)c2)C1. The first kappa shape index (κ1) is 14.4. The van der Waals surface area contributed by atoms with Crippen LogP contribution in [-0.2, 0) is 11.8 Å². The van der Waals surface area contributed by atoms with Crippen LogP contribution in [0.1, 0.15) is 37.8 Å². The number of hydrogen-bond donors (Lipinski definition) is 2. The van der Waals surface area contributed by atoms with Gasteiger partial charge in [0.05, 0.1) is 6.20 Å². The van der Waals surface area contributed by atoms with E-state index < -0.39 is 6.04 Å². The predicted molar refractivity (Wildman–Crippen MR) is 77.8 cm³/mol. The number of rotatable bonds is 5. The number of aryl methyl sites for hydroxylation is 1. The lowest BCUT2D eigenvalue weighted by atomic mass is 10.1. The van der Waals surface area contributed by atoms with Gasteiger partial charge in [-0.05, 0) is 25.0 Å². The van der Waals surface area contributed by atoms with Gasteiger partial charge >= 0.3 is 0 Å². The van der Waals surface area contributed by atoms with Crippen LogP contribution in [0.4, 0.5) is 0 Å². The van der Waals surface area contributed by atoms with Gasteiger partial charge in [0.1, 0.15) is 6.04 Å². The van der Waals surface area contributed by atoms with Crippen molar-refractivity contribution in [2.45, 2.75) is 43.5 Å². The topological polar surface area (TPSA) is 72.9 Å². The molecule has 2 rings (SSSR count). The highest BCUT2D eigenvalue weighted by Gasteiger charge is 2.27. The normalized spacial score (nSPS) is 24.4. The molecule has 1 fully saturated rings. The van der Waals surface area contributed by atoms with E-state index in [-0.39, 0.29) is 11.9 Å². The van der Waals surface area contributed by atoms with Crippen LogP contribution in [0.5, 0.6) is 0 Å². The Kier molecular flexibility index (Phi) is 4.87. The van der Waals surface area contributed by atoms with E-state index in [0.29, 0.717) is 5.25 Å². The van der Waals surface area contributed by atoms with Crippen LogP contribution in [0.3, 0.4) is 0 Å². The molecule has 0 spiro atoms. The van der Waals surface area contributed by atoms with Gasteiger partial charge in [0.15, 0.2) is 0 Å². The lowest BCUT2D eigenvalue weighted by Crippen LogP contribution is -2.39. The first-order chi connectivity index (χ1) is 9.10. The van der Waals surface area contributed by atoms with Crippen molar-refractivity contribution in [3.05, 3.63) is 18.0 Å². The molecule has 3 N–H and O–H groups in total. The maximum atomic E-state index is 12.1. The molecule has 19 heavy (non-hydrogen) atoms. The zero-order valence-electron chi connectivity index (χ0n) is 11.5. The average Bonchev–Trinajstić information content (AvgIpc) is 2.98. The number of nitrogens with one attached hydrogen (secondary N) is 1. The quantitative estimate of drug-likeness (QED) is 0.851. The van der Waals surface area contributed by atoms with Gasteiger partial charge in [-0.1, -0.05) is 6.92 Å². The molecule has 1 aliphatic rings. The van der Waals surface area contributed by atoms with Crippen molar-refractivity contribution in [1.29, 1.82) is 0 Å². The first-order valence-electron chi connectivity index (χ1n) is 6.76. The number of hydrogen-bond acceptors (Lipinski definition) is 4. The number of carbonyl (C=O) groups excluding carboxylic acids is 1. The smallest absolute Gasteiger partial charge is 0.241 e. The molecule has 0 bridgehead atoms. The van der Waals surface area contributed by atoms with Gasteiger partial charge in [-0.15, -0.1) is 0 Å². The number of amides is 1. The monoisotopic (exact) mass is 282 g/mol. The molecule has 106 valence electrons. The maximum Gasteiger partial charge on any atom is 0.241 e. The fourth-order valence-corrected chi connectivity index (χ4v) is 3.64. The van der Waals surface area contributed by atoms with E-state index in [1.54, 1.807) is 17.1 Å². The van der Waals surface area contributed by atoms with Gasteiger partial charge in [-0.2, -0.15) is 16.9 Å². The van der Waals surface area contributed by atoms with Crippen molar-refractivity contribution < 1.29 is 4.79 Å². The Morgan fingerprint density at radius 3 is 3.11 bits per heavy atom. The minimum absolute atomic E-state index is 0.0971. The Balaban J connectivity index is 1.84. The molecule has 1 heterocycles. The Hall–Kier alpha value is -1.01. The number of carbonyl (C=O) groups is 1. The third-order valence-corrected chi connectivity index (χ3v) is 4.73. The molecule has 1 amide bonds. The highest BCUT2D eigenvalue weighted by molar-refractivity contribution is 7.99. The maximum absolute atomic E-state index is 12.1. The fraction of sp³-hybridized carbons (Fsp3) is 0.692. The molecule has 0 radical (unpaired) electrons. The Labute approximate surface area is 118 Å². The standard InChI is InChI=1S/C13H22N4OS/c1-3-19-11-5-4-10(6-11)16-13(18)12(14)9-7-15-17(2)8-9/h7-8,10-12H,3-6,14H2,1-2H3,(H,16,18). The van der Waals surface area contributed by atoms with Crippen molar-refractivity contribution >= 4 is 17.7 Å². The van der Waals surface area contributed by atoms with Crippen LogP contribution < -0.4 is 11.1 Å². The van der Waals surface area contributed by atoms with Crippen LogP contribution in [-0.4, -0.2) is 32.7 Å². The summed E-state index contributed by atoms with van der Waals surface area (Å²) in [5.41, 5.74) is 6.71. The van der Waals surface area contributed by atoms with Crippen molar-refractivity contribution in [3.8, 4) is 0 Å². The van der Waals surface area contributed by atoms with Crippen LogP contribution in [0.2, 0.25) is 0 Å². The summed E-state index contributed by atoms with van der Waals surface area (Å²) in [5, 5.41) is 7.79. The molecule has 6 heteroatoms. The molecule has 1 aromatic rings. The van der Waals surface area contributed by atoms with E-state index in [1.165, 1.54) is 6.42 Å². The van der Waals surface area contributed by atoms with Gasteiger partial charge in [-0.3, -0.25) is 9.48 Å². The van der Waals surface area contributed by atoms with E-state index in [1.807, 2.05) is 18.8 Å².